The Balaban J connectivity index is 1.59. The normalized spacial score (nSPS) is 16.0. The number of tetrazole rings is 1. The van der Waals surface area contributed by atoms with Gasteiger partial charge in [-0.3, -0.25) is 4.79 Å². The van der Waals surface area contributed by atoms with Crippen LogP contribution >= 0.6 is 0 Å². The molecule has 0 radical (unpaired) electrons. The van der Waals surface area contributed by atoms with Crippen LogP contribution in [0.2, 0.25) is 0 Å². The first-order valence-electron chi connectivity index (χ1n) is 12.9. The number of pyridine rings is 1. The molecule has 0 saturated heterocycles. The van der Waals surface area contributed by atoms with Gasteiger partial charge in [-0.1, -0.05) is 36.4 Å². The van der Waals surface area contributed by atoms with Gasteiger partial charge in [-0.15, -0.1) is 5.10 Å². The zero-order valence-electron chi connectivity index (χ0n) is 21.6. The van der Waals surface area contributed by atoms with Gasteiger partial charge in [0.2, 0.25) is 0 Å². The summed E-state index contributed by atoms with van der Waals surface area (Å²) in [6.07, 6.45) is 1.58. The molecule has 3 aromatic carbocycles. The summed E-state index contributed by atoms with van der Waals surface area (Å²) in [5.41, 5.74) is 6.18. The standard InChI is InChI=1S/C30H29FN6O/c1-18-13-19(2)24-16-25(30(38)32-26(24)14-18)28(29-33-34-35-36(29)17-21-7-5-4-6-8-21)37-20(3)9-10-22-15-23(31)11-12-27(22)37/h4-8,11-16,20,28H,9-10,17H2,1-3H3,(H,32,38)/t20-,28-/m0/s1. The minimum Gasteiger partial charge on any atom is -0.354 e. The van der Waals surface area contributed by atoms with Crippen molar-refractivity contribution in [1.29, 1.82) is 0 Å². The smallest absolute Gasteiger partial charge is 0.254 e. The van der Waals surface area contributed by atoms with E-state index < -0.39 is 6.04 Å². The summed E-state index contributed by atoms with van der Waals surface area (Å²) < 4.78 is 16.0. The fraction of sp³-hybridized carbons (Fsp3) is 0.267. The number of anilines is 1. The van der Waals surface area contributed by atoms with E-state index in [1.54, 1.807) is 10.7 Å². The number of fused-ring (bicyclic) bond motifs is 2. The van der Waals surface area contributed by atoms with E-state index in [0.29, 0.717) is 17.9 Å². The van der Waals surface area contributed by atoms with Crippen LogP contribution in [0.3, 0.4) is 0 Å². The number of aryl methyl sites for hydroxylation is 3. The first-order chi connectivity index (χ1) is 18.4. The van der Waals surface area contributed by atoms with Gasteiger partial charge in [0.1, 0.15) is 11.9 Å². The number of hydrogen-bond acceptors (Lipinski definition) is 5. The molecule has 192 valence electrons. The zero-order valence-corrected chi connectivity index (χ0v) is 21.6. The topological polar surface area (TPSA) is 79.7 Å². The number of aromatic amines is 1. The summed E-state index contributed by atoms with van der Waals surface area (Å²) in [5.74, 6) is 0.297. The second-order valence-corrected chi connectivity index (χ2v) is 10.2. The average Bonchev–Trinajstić information content (AvgIpc) is 3.34. The molecule has 1 aliphatic heterocycles. The lowest BCUT2D eigenvalue weighted by molar-refractivity contribution is 0.491. The van der Waals surface area contributed by atoms with Crippen LogP contribution in [0.25, 0.3) is 10.9 Å². The van der Waals surface area contributed by atoms with Crippen LogP contribution in [0, 0.1) is 19.7 Å². The summed E-state index contributed by atoms with van der Waals surface area (Å²) in [7, 11) is 0. The second-order valence-electron chi connectivity index (χ2n) is 10.2. The highest BCUT2D eigenvalue weighted by Crippen LogP contribution is 2.40. The van der Waals surface area contributed by atoms with Gasteiger partial charge in [0.15, 0.2) is 5.82 Å². The fourth-order valence-electron chi connectivity index (χ4n) is 5.72. The Labute approximate surface area is 219 Å². The SMILES string of the molecule is Cc1cc(C)c2cc([C@@H](c3nnnn3Cc3ccccc3)N3c4ccc(F)cc4CC[C@@H]3C)c(=O)[nH]c2c1. The molecule has 5 aromatic rings. The Kier molecular flexibility index (Phi) is 6.02. The summed E-state index contributed by atoms with van der Waals surface area (Å²) in [6, 6.07) is 20.4. The van der Waals surface area contributed by atoms with Crippen molar-refractivity contribution in [2.75, 3.05) is 4.90 Å². The number of benzene rings is 3. The van der Waals surface area contributed by atoms with Gasteiger partial charge >= 0.3 is 0 Å². The highest BCUT2D eigenvalue weighted by Gasteiger charge is 2.36. The predicted molar refractivity (Wildman–Crippen MR) is 146 cm³/mol. The van der Waals surface area contributed by atoms with Gasteiger partial charge < -0.3 is 9.88 Å². The van der Waals surface area contributed by atoms with E-state index in [4.69, 9.17) is 0 Å². The molecule has 3 heterocycles. The molecule has 1 N–H and O–H groups in total. The van der Waals surface area contributed by atoms with Crippen molar-refractivity contribution < 1.29 is 4.39 Å². The molecule has 2 atom stereocenters. The molecule has 0 spiro atoms. The molecule has 7 nitrogen and oxygen atoms in total. The van der Waals surface area contributed by atoms with Crippen molar-refractivity contribution in [3.63, 3.8) is 0 Å². The lowest BCUT2D eigenvalue weighted by Gasteiger charge is -2.42. The first kappa shape index (κ1) is 24.0. The molecule has 2 aromatic heterocycles. The largest absolute Gasteiger partial charge is 0.354 e. The van der Waals surface area contributed by atoms with E-state index in [0.717, 1.165) is 51.7 Å². The minimum atomic E-state index is -0.581. The van der Waals surface area contributed by atoms with E-state index in [2.05, 4.69) is 38.4 Å². The minimum absolute atomic E-state index is 0.0639. The van der Waals surface area contributed by atoms with Gasteiger partial charge in [0, 0.05) is 28.2 Å². The quantitative estimate of drug-likeness (QED) is 0.351. The molecule has 0 saturated carbocycles. The zero-order chi connectivity index (χ0) is 26.4. The number of hydrogen-bond donors (Lipinski definition) is 1. The van der Waals surface area contributed by atoms with Gasteiger partial charge in [-0.2, -0.15) is 0 Å². The lowest BCUT2D eigenvalue weighted by atomic mass is 9.91. The van der Waals surface area contributed by atoms with E-state index >= 15 is 0 Å². The summed E-state index contributed by atoms with van der Waals surface area (Å²) in [6.45, 7) is 6.66. The Bertz CT molecular complexity index is 1690. The molecule has 1 aliphatic rings. The molecule has 0 amide bonds. The van der Waals surface area contributed by atoms with Crippen LogP contribution in [-0.2, 0) is 13.0 Å². The molecule has 0 bridgehead atoms. The highest BCUT2D eigenvalue weighted by atomic mass is 19.1. The molecule has 0 unspecified atom stereocenters. The maximum absolute atomic E-state index is 14.2. The van der Waals surface area contributed by atoms with Gasteiger partial charge in [-0.05, 0) is 96.6 Å². The van der Waals surface area contributed by atoms with Gasteiger partial charge in [-0.25, -0.2) is 9.07 Å². The molecule has 0 aliphatic carbocycles. The van der Waals surface area contributed by atoms with Crippen LogP contribution < -0.4 is 10.5 Å². The van der Waals surface area contributed by atoms with Crippen molar-refractivity contribution in [2.24, 2.45) is 0 Å². The monoisotopic (exact) mass is 508 g/mol. The van der Waals surface area contributed by atoms with Crippen LogP contribution in [0.1, 0.15) is 53.0 Å². The van der Waals surface area contributed by atoms with Gasteiger partial charge in [0.25, 0.3) is 5.56 Å². The third-order valence-corrected chi connectivity index (χ3v) is 7.52. The van der Waals surface area contributed by atoms with Crippen LogP contribution in [0.5, 0.6) is 0 Å². The summed E-state index contributed by atoms with van der Waals surface area (Å²) in [4.78, 5) is 19.1. The summed E-state index contributed by atoms with van der Waals surface area (Å²) >= 11 is 0. The van der Waals surface area contributed by atoms with Crippen molar-refractivity contribution >= 4 is 16.6 Å². The van der Waals surface area contributed by atoms with E-state index in [1.165, 1.54) is 6.07 Å². The first-order valence-corrected chi connectivity index (χ1v) is 12.9. The van der Waals surface area contributed by atoms with Crippen LogP contribution in [-0.4, -0.2) is 31.2 Å². The van der Waals surface area contributed by atoms with E-state index in [1.807, 2.05) is 62.4 Å². The maximum atomic E-state index is 14.2. The van der Waals surface area contributed by atoms with Crippen molar-refractivity contribution in [3.8, 4) is 0 Å². The Hall–Kier alpha value is -4.33. The number of rotatable bonds is 5. The number of H-pyrrole nitrogens is 1. The third kappa shape index (κ3) is 4.26. The van der Waals surface area contributed by atoms with Crippen LogP contribution in [0.15, 0.2) is 71.5 Å². The Morgan fingerprint density at radius 2 is 1.89 bits per heavy atom. The molecular formula is C30H29FN6O. The summed E-state index contributed by atoms with van der Waals surface area (Å²) in [5, 5.41) is 13.8. The van der Waals surface area contributed by atoms with Gasteiger partial charge in [0.05, 0.1) is 6.54 Å². The number of aromatic nitrogens is 5. The molecule has 6 rings (SSSR count). The predicted octanol–water partition coefficient (Wildman–Crippen LogP) is 5.25. The lowest BCUT2D eigenvalue weighted by Crippen LogP contribution is -2.43. The number of nitrogens with one attached hydrogen (secondary N) is 1. The second kappa shape index (κ2) is 9.52. The average molecular weight is 509 g/mol. The number of halogens is 1. The Morgan fingerprint density at radius 1 is 1.08 bits per heavy atom. The highest BCUT2D eigenvalue weighted by molar-refractivity contribution is 5.83. The Morgan fingerprint density at radius 3 is 2.71 bits per heavy atom. The van der Waals surface area contributed by atoms with Crippen molar-refractivity contribution in [3.05, 3.63) is 117 Å². The maximum Gasteiger partial charge on any atom is 0.254 e. The fourth-order valence-corrected chi connectivity index (χ4v) is 5.72. The molecule has 0 fully saturated rings. The van der Waals surface area contributed by atoms with E-state index in [9.17, 15) is 9.18 Å². The van der Waals surface area contributed by atoms with Crippen molar-refractivity contribution in [2.45, 2.75) is 52.2 Å². The van der Waals surface area contributed by atoms with E-state index in [-0.39, 0.29) is 17.4 Å². The van der Waals surface area contributed by atoms with Crippen molar-refractivity contribution in [1.82, 2.24) is 25.2 Å². The molecule has 38 heavy (non-hydrogen) atoms. The molecular weight excluding hydrogens is 479 g/mol. The van der Waals surface area contributed by atoms with Crippen LogP contribution in [0.4, 0.5) is 10.1 Å². The third-order valence-electron chi connectivity index (χ3n) is 7.52. The number of nitrogens with zero attached hydrogens (tertiary/aromatic N) is 5. The molecule has 8 heteroatoms.